The van der Waals surface area contributed by atoms with Gasteiger partial charge in [0.05, 0.1) is 10.6 Å². The minimum Gasteiger partial charge on any atom is -0.354 e. The SMILES string of the molecule is CCCNC(=O)[C@@H](Cc1ccccc1)N(Cc1ccc(Br)cc1)C(=O)CN(c1ccc(C)cc1C)S(=O)(=O)c1ccc(C)cc1. The number of sulfonamides is 1. The zero-order valence-corrected chi connectivity index (χ0v) is 28.6. The van der Waals surface area contributed by atoms with Crippen molar-refractivity contribution < 1.29 is 18.0 Å². The van der Waals surface area contributed by atoms with Crippen molar-refractivity contribution in [2.45, 2.75) is 58.0 Å². The van der Waals surface area contributed by atoms with Crippen LogP contribution < -0.4 is 9.62 Å². The first-order valence-corrected chi connectivity index (χ1v) is 17.2. The number of carbonyl (C=O) groups excluding carboxylic acids is 2. The lowest BCUT2D eigenvalue weighted by atomic mass is 10.0. The fourth-order valence-corrected chi connectivity index (χ4v) is 6.89. The molecule has 0 aliphatic rings. The van der Waals surface area contributed by atoms with E-state index in [4.69, 9.17) is 0 Å². The summed E-state index contributed by atoms with van der Waals surface area (Å²) in [6.45, 7) is 7.72. The summed E-state index contributed by atoms with van der Waals surface area (Å²) in [6.07, 6.45) is 1.01. The smallest absolute Gasteiger partial charge is 0.264 e. The molecule has 0 spiro atoms. The Balaban J connectivity index is 1.81. The first kappa shape index (κ1) is 33.9. The van der Waals surface area contributed by atoms with Gasteiger partial charge in [-0.3, -0.25) is 13.9 Å². The van der Waals surface area contributed by atoms with E-state index in [9.17, 15) is 18.0 Å². The average molecular weight is 691 g/mol. The molecule has 9 heteroatoms. The summed E-state index contributed by atoms with van der Waals surface area (Å²) in [5, 5.41) is 2.97. The molecule has 0 heterocycles. The average Bonchev–Trinajstić information content (AvgIpc) is 3.02. The third-order valence-electron chi connectivity index (χ3n) is 7.60. The van der Waals surface area contributed by atoms with E-state index in [0.717, 1.165) is 38.7 Å². The van der Waals surface area contributed by atoms with Gasteiger partial charge in [0.2, 0.25) is 11.8 Å². The van der Waals surface area contributed by atoms with Crippen LogP contribution in [0.3, 0.4) is 0 Å². The quantitative estimate of drug-likeness (QED) is 0.169. The molecule has 4 aromatic rings. The van der Waals surface area contributed by atoms with Crippen molar-refractivity contribution >= 4 is 43.5 Å². The molecule has 4 aromatic carbocycles. The molecular weight excluding hydrogens is 650 g/mol. The van der Waals surface area contributed by atoms with Gasteiger partial charge < -0.3 is 10.2 Å². The molecule has 236 valence electrons. The molecule has 0 fully saturated rings. The second-order valence-corrected chi connectivity index (χ2v) is 14.0. The molecule has 1 atom stereocenters. The Kier molecular flexibility index (Phi) is 11.6. The van der Waals surface area contributed by atoms with Gasteiger partial charge in [0.1, 0.15) is 12.6 Å². The predicted octanol–water partition coefficient (Wildman–Crippen LogP) is 6.74. The van der Waals surface area contributed by atoms with E-state index in [1.807, 2.05) is 94.4 Å². The topological polar surface area (TPSA) is 86.8 Å². The van der Waals surface area contributed by atoms with Crippen LogP contribution in [0.5, 0.6) is 0 Å². The second kappa shape index (κ2) is 15.4. The third kappa shape index (κ3) is 8.83. The van der Waals surface area contributed by atoms with E-state index >= 15 is 0 Å². The van der Waals surface area contributed by atoms with Crippen molar-refractivity contribution in [2.24, 2.45) is 0 Å². The van der Waals surface area contributed by atoms with Crippen molar-refractivity contribution in [1.82, 2.24) is 10.2 Å². The fourth-order valence-electron chi connectivity index (χ4n) is 5.14. The van der Waals surface area contributed by atoms with Gasteiger partial charge in [0.25, 0.3) is 10.0 Å². The van der Waals surface area contributed by atoms with Crippen LogP contribution in [-0.2, 0) is 32.6 Å². The molecule has 0 unspecified atom stereocenters. The van der Waals surface area contributed by atoms with Crippen LogP contribution in [0.1, 0.15) is 41.2 Å². The first-order chi connectivity index (χ1) is 21.5. The number of hydrogen-bond acceptors (Lipinski definition) is 4. The van der Waals surface area contributed by atoms with Crippen molar-refractivity contribution in [3.8, 4) is 0 Å². The first-order valence-electron chi connectivity index (χ1n) is 15.0. The number of halogens is 1. The molecule has 1 N–H and O–H groups in total. The number of benzene rings is 4. The maximum atomic E-state index is 14.5. The molecule has 0 saturated heterocycles. The van der Waals surface area contributed by atoms with E-state index in [2.05, 4.69) is 21.2 Å². The van der Waals surface area contributed by atoms with Crippen LogP contribution in [0.15, 0.2) is 106 Å². The van der Waals surface area contributed by atoms with Crippen molar-refractivity contribution in [1.29, 1.82) is 0 Å². The Bertz CT molecular complexity index is 1710. The number of aryl methyl sites for hydroxylation is 3. The summed E-state index contributed by atoms with van der Waals surface area (Å²) in [5.74, 6) is -0.771. The maximum Gasteiger partial charge on any atom is 0.264 e. The molecule has 4 rings (SSSR count). The Labute approximate surface area is 275 Å². The van der Waals surface area contributed by atoms with E-state index in [1.54, 1.807) is 30.3 Å². The molecule has 0 aliphatic heterocycles. The molecule has 0 bridgehead atoms. The third-order valence-corrected chi connectivity index (χ3v) is 9.90. The van der Waals surface area contributed by atoms with E-state index < -0.39 is 28.5 Å². The molecule has 2 amide bonds. The highest BCUT2D eigenvalue weighted by atomic mass is 79.9. The van der Waals surface area contributed by atoms with E-state index in [-0.39, 0.29) is 23.8 Å². The van der Waals surface area contributed by atoms with Gasteiger partial charge in [-0.15, -0.1) is 0 Å². The summed E-state index contributed by atoms with van der Waals surface area (Å²) in [7, 11) is -4.15. The van der Waals surface area contributed by atoms with Gasteiger partial charge in [0.15, 0.2) is 0 Å². The highest BCUT2D eigenvalue weighted by Crippen LogP contribution is 2.29. The maximum absolute atomic E-state index is 14.5. The molecular formula is C36H40BrN3O4S. The molecule has 7 nitrogen and oxygen atoms in total. The molecule has 45 heavy (non-hydrogen) atoms. The number of amides is 2. The van der Waals surface area contributed by atoms with Crippen LogP contribution in [0.4, 0.5) is 5.69 Å². The summed E-state index contributed by atoms with van der Waals surface area (Å²) in [5.41, 5.74) is 4.73. The van der Waals surface area contributed by atoms with Crippen LogP contribution in [0, 0.1) is 20.8 Å². The number of carbonyl (C=O) groups is 2. The Morgan fingerprint density at radius 1 is 0.822 bits per heavy atom. The van der Waals surface area contributed by atoms with Crippen molar-refractivity contribution in [2.75, 3.05) is 17.4 Å². The lowest BCUT2D eigenvalue weighted by Gasteiger charge is -2.34. The number of nitrogens with one attached hydrogen (secondary N) is 1. The Morgan fingerprint density at radius 3 is 2.09 bits per heavy atom. The minimum absolute atomic E-state index is 0.0851. The second-order valence-electron chi connectivity index (χ2n) is 11.3. The summed E-state index contributed by atoms with van der Waals surface area (Å²) in [4.78, 5) is 29.9. The van der Waals surface area contributed by atoms with Crippen LogP contribution in [0.2, 0.25) is 0 Å². The summed E-state index contributed by atoms with van der Waals surface area (Å²) >= 11 is 3.47. The predicted molar refractivity (Wildman–Crippen MR) is 184 cm³/mol. The largest absolute Gasteiger partial charge is 0.354 e. The number of anilines is 1. The van der Waals surface area contributed by atoms with Crippen LogP contribution in [0.25, 0.3) is 0 Å². The number of hydrogen-bond donors (Lipinski definition) is 1. The van der Waals surface area contributed by atoms with Gasteiger partial charge >= 0.3 is 0 Å². The monoisotopic (exact) mass is 689 g/mol. The zero-order valence-electron chi connectivity index (χ0n) is 26.2. The lowest BCUT2D eigenvalue weighted by molar-refractivity contribution is -0.140. The Morgan fingerprint density at radius 2 is 1.47 bits per heavy atom. The van der Waals surface area contributed by atoms with E-state index in [0.29, 0.717) is 12.2 Å². The number of nitrogens with zero attached hydrogens (tertiary/aromatic N) is 2. The summed E-state index contributed by atoms with van der Waals surface area (Å²) < 4.78 is 30.5. The highest BCUT2D eigenvalue weighted by molar-refractivity contribution is 9.10. The van der Waals surface area contributed by atoms with Gasteiger partial charge in [-0.05, 0) is 74.2 Å². The van der Waals surface area contributed by atoms with Crippen molar-refractivity contribution in [3.05, 3.63) is 129 Å². The number of rotatable bonds is 13. The Hall–Kier alpha value is -3.95. The zero-order chi connectivity index (χ0) is 32.6. The molecule has 0 aromatic heterocycles. The molecule has 0 aliphatic carbocycles. The van der Waals surface area contributed by atoms with Gasteiger partial charge in [-0.1, -0.05) is 101 Å². The molecule has 0 radical (unpaired) electrons. The van der Waals surface area contributed by atoms with Crippen LogP contribution in [-0.4, -0.2) is 44.3 Å². The van der Waals surface area contributed by atoms with E-state index in [1.165, 1.54) is 9.21 Å². The lowest BCUT2D eigenvalue weighted by Crippen LogP contribution is -2.53. The van der Waals surface area contributed by atoms with Gasteiger partial charge in [0, 0.05) is 24.0 Å². The normalized spacial score (nSPS) is 11.9. The van der Waals surface area contributed by atoms with Crippen molar-refractivity contribution in [3.63, 3.8) is 0 Å². The fraction of sp³-hybridized carbons (Fsp3) is 0.278. The minimum atomic E-state index is -4.15. The highest BCUT2D eigenvalue weighted by Gasteiger charge is 2.35. The molecule has 0 saturated carbocycles. The van der Waals surface area contributed by atoms with Gasteiger partial charge in [-0.25, -0.2) is 8.42 Å². The standard InChI is InChI=1S/C36H40BrN3O4S/c1-5-21-38-36(42)34(23-29-9-7-6-8-10-29)39(24-30-14-16-31(37)17-15-30)35(41)25-40(33-20-13-27(3)22-28(33)4)45(43,44)32-18-11-26(2)12-19-32/h6-20,22,34H,5,21,23-25H2,1-4H3,(H,38,42)/t34-/m1/s1. The van der Waals surface area contributed by atoms with Crippen LogP contribution >= 0.6 is 15.9 Å². The van der Waals surface area contributed by atoms with Gasteiger partial charge in [-0.2, -0.15) is 0 Å². The summed E-state index contributed by atoms with van der Waals surface area (Å²) in [6, 6.07) is 28.3.